The zero-order chi connectivity index (χ0) is 28.7. The van der Waals surface area contributed by atoms with E-state index in [1.54, 1.807) is 17.4 Å². The normalized spacial score (nSPS) is 11.7. The van der Waals surface area contributed by atoms with E-state index in [0.717, 1.165) is 49.8 Å². The molecule has 0 radical (unpaired) electrons. The van der Waals surface area contributed by atoms with Crippen LogP contribution in [-0.2, 0) is 0 Å². The Kier molecular flexibility index (Phi) is 4.87. The third-order valence-corrected chi connectivity index (χ3v) is 9.59. The highest BCUT2D eigenvalue weighted by Gasteiger charge is 2.21. The number of rotatable bonds is 2. The van der Waals surface area contributed by atoms with E-state index >= 15 is 0 Å². The standard InChI is InChI=1S/C38H19N3OS/c39-20-22-10-14-33-29(17-22)30-19-24(11-15-34(30)42-33)25-12-9-23(21-40)18-32(25)41-31-7-3-1-5-26(31)27-13-16-36-37(38(27)41)28-6-2-4-8-35(28)43-36/h1-19H. The molecular weight excluding hydrogens is 547 g/mol. The van der Waals surface area contributed by atoms with Gasteiger partial charge in [-0.25, -0.2) is 0 Å². The number of para-hydroxylation sites is 1. The smallest absolute Gasteiger partial charge is 0.135 e. The van der Waals surface area contributed by atoms with E-state index in [9.17, 15) is 10.5 Å². The van der Waals surface area contributed by atoms with Crippen molar-refractivity contribution in [2.75, 3.05) is 0 Å². The molecule has 0 aliphatic heterocycles. The van der Waals surface area contributed by atoms with Crippen molar-refractivity contribution >= 4 is 75.3 Å². The number of hydrogen-bond acceptors (Lipinski definition) is 4. The molecule has 3 aromatic heterocycles. The summed E-state index contributed by atoms with van der Waals surface area (Å²) in [5.74, 6) is 0. The lowest BCUT2D eigenvalue weighted by atomic mass is 9.99. The minimum absolute atomic E-state index is 0.594. The van der Waals surface area contributed by atoms with Gasteiger partial charge in [-0.3, -0.25) is 0 Å². The fourth-order valence-electron chi connectivity index (χ4n) is 6.56. The Labute approximate surface area is 249 Å². The van der Waals surface area contributed by atoms with Crippen LogP contribution in [0.1, 0.15) is 11.1 Å². The maximum Gasteiger partial charge on any atom is 0.135 e. The van der Waals surface area contributed by atoms with Gasteiger partial charge in [0.15, 0.2) is 0 Å². The molecule has 0 fully saturated rings. The summed E-state index contributed by atoms with van der Waals surface area (Å²) in [7, 11) is 0. The molecule has 6 aromatic carbocycles. The second-order valence-electron chi connectivity index (χ2n) is 10.8. The van der Waals surface area contributed by atoms with Crippen molar-refractivity contribution in [3.8, 4) is 29.0 Å². The predicted octanol–water partition coefficient (Wildman–Crippen LogP) is 10.5. The van der Waals surface area contributed by atoms with Crippen LogP contribution in [0.3, 0.4) is 0 Å². The van der Waals surface area contributed by atoms with Gasteiger partial charge in [0, 0.05) is 47.3 Å². The highest BCUT2D eigenvalue weighted by Crippen LogP contribution is 2.44. The molecule has 0 saturated heterocycles. The van der Waals surface area contributed by atoms with E-state index in [1.165, 1.54) is 30.9 Å². The van der Waals surface area contributed by atoms with Gasteiger partial charge >= 0.3 is 0 Å². The fraction of sp³-hybridized carbons (Fsp3) is 0. The van der Waals surface area contributed by atoms with Crippen LogP contribution in [-0.4, -0.2) is 4.57 Å². The number of thiophene rings is 1. The molecule has 9 rings (SSSR count). The number of hydrogen-bond donors (Lipinski definition) is 0. The summed E-state index contributed by atoms with van der Waals surface area (Å²) in [5, 5.41) is 26.2. The van der Waals surface area contributed by atoms with Crippen molar-refractivity contribution in [1.82, 2.24) is 4.57 Å². The van der Waals surface area contributed by atoms with Crippen molar-refractivity contribution in [2.24, 2.45) is 0 Å². The molecule has 4 nitrogen and oxygen atoms in total. The fourth-order valence-corrected chi connectivity index (χ4v) is 7.67. The minimum Gasteiger partial charge on any atom is -0.456 e. The number of nitrogens with zero attached hydrogens (tertiary/aromatic N) is 3. The van der Waals surface area contributed by atoms with Crippen LogP contribution in [0.25, 0.3) is 80.7 Å². The second-order valence-corrected chi connectivity index (χ2v) is 11.8. The van der Waals surface area contributed by atoms with Gasteiger partial charge < -0.3 is 8.98 Å². The highest BCUT2D eigenvalue weighted by molar-refractivity contribution is 7.26. The minimum atomic E-state index is 0.594. The van der Waals surface area contributed by atoms with Crippen LogP contribution >= 0.6 is 11.3 Å². The molecule has 0 aliphatic carbocycles. The summed E-state index contributed by atoms with van der Waals surface area (Å²) in [4.78, 5) is 0. The van der Waals surface area contributed by atoms with Crippen LogP contribution in [0.4, 0.5) is 0 Å². The number of fused-ring (bicyclic) bond motifs is 10. The average molecular weight is 566 g/mol. The first-order chi connectivity index (χ1) is 21.2. The first kappa shape index (κ1) is 23.8. The molecule has 0 saturated carbocycles. The Morgan fingerprint density at radius 2 is 1.30 bits per heavy atom. The first-order valence-corrected chi connectivity index (χ1v) is 14.8. The first-order valence-electron chi connectivity index (χ1n) is 14.0. The lowest BCUT2D eigenvalue weighted by Crippen LogP contribution is -1.98. The molecule has 0 N–H and O–H groups in total. The summed E-state index contributed by atoms with van der Waals surface area (Å²) < 4.78 is 10.9. The maximum atomic E-state index is 10.0. The van der Waals surface area contributed by atoms with Crippen molar-refractivity contribution in [2.45, 2.75) is 0 Å². The van der Waals surface area contributed by atoms with Crippen molar-refractivity contribution in [3.63, 3.8) is 0 Å². The van der Waals surface area contributed by atoms with Crippen LogP contribution in [0.5, 0.6) is 0 Å². The molecule has 0 spiro atoms. The predicted molar refractivity (Wildman–Crippen MR) is 176 cm³/mol. The SMILES string of the molecule is N#Cc1ccc(-c2ccc3oc4ccc(C#N)cc4c3c2)c(-n2c3ccccc3c3ccc4sc5ccccc5c4c32)c1. The monoisotopic (exact) mass is 565 g/mol. The molecule has 43 heavy (non-hydrogen) atoms. The van der Waals surface area contributed by atoms with Gasteiger partial charge in [0.05, 0.1) is 40.0 Å². The van der Waals surface area contributed by atoms with E-state index in [4.69, 9.17) is 4.42 Å². The quantitative estimate of drug-likeness (QED) is 0.209. The molecule has 0 bridgehead atoms. The largest absolute Gasteiger partial charge is 0.456 e. The molecule has 3 heterocycles. The van der Waals surface area contributed by atoms with E-state index in [2.05, 4.69) is 89.5 Å². The van der Waals surface area contributed by atoms with Gasteiger partial charge in [0.1, 0.15) is 11.2 Å². The number of furan rings is 1. The summed E-state index contributed by atoms with van der Waals surface area (Å²) in [5.41, 5.74) is 7.89. The zero-order valence-corrected chi connectivity index (χ0v) is 23.4. The molecule has 198 valence electrons. The molecule has 0 atom stereocenters. The Bertz CT molecular complexity index is 2710. The van der Waals surface area contributed by atoms with E-state index in [1.807, 2.05) is 36.4 Å². The number of nitriles is 2. The molecule has 0 amide bonds. The van der Waals surface area contributed by atoms with Crippen molar-refractivity contribution in [1.29, 1.82) is 10.5 Å². The van der Waals surface area contributed by atoms with E-state index < -0.39 is 0 Å². The van der Waals surface area contributed by atoms with Crippen molar-refractivity contribution in [3.05, 3.63) is 126 Å². The Hall–Kier alpha value is -5.88. The van der Waals surface area contributed by atoms with Crippen LogP contribution in [0.2, 0.25) is 0 Å². The van der Waals surface area contributed by atoms with Gasteiger partial charge in [-0.05, 0) is 66.2 Å². The number of aromatic nitrogens is 1. The van der Waals surface area contributed by atoms with E-state index in [-0.39, 0.29) is 0 Å². The van der Waals surface area contributed by atoms with Gasteiger partial charge in [-0.2, -0.15) is 10.5 Å². The molecule has 0 aliphatic rings. The molecular formula is C38H19N3OS. The van der Waals surface area contributed by atoms with Gasteiger partial charge in [-0.1, -0.05) is 54.6 Å². The summed E-state index contributed by atoms with van der Waals surface area (Å²) in [6.07, 6.45) is 0. The van der Waals surface area contributed by atoms with Crippen molar-refractivity contribution < 1.29 is 4.42 Å². The number of benzene rings is 6. The zero-order valence-electron chi connectivity index (χ0n) is 22.6. The lowest BCUT2D eigenvalue weighted by molar-refractivity contribution is 0.669. The Morgan fingerprint density at radius 3 is 2.16 bits per heavy atom. The summed E-state index contributed by atoms with van der Waals surface area (Å²) in [6, 6.07) is 43.8. The Balaban J connectivity index is 1.42. The average Bonchev–Trinajstić information content (AvgIpc) is 3.73. The van der Waals surface area contributed by atoms with Gasteiger partial charge in [0.25, 0.3) is 0 Å². The maximum absolute atomic E-state index is 10.0. The van der Waals surface area contributed by atoms with Crippen LogP contribution in [0.15, 0.2) is 120 Å². The van der Waals surface area contributed by atoms with Gasteiger partial charge in [0.2, 0.25) is 0 Å². The second kappa shape index (κ2) is 8.81. The molecule has 0 unspecified atom stereocenters. The topological polar surface area (TPSA) is 65.7 Å². The van der Waals surface area contributed by atoms with E-state index in [0.29, 0.717) is 11.1 Å². The molecule has 5 heteroatoms. The van der Waals surface area contributed by atoms with Gasteiger partial charge in [-0.15, -0.1) is 11.3 Å². The molecule has 9 aromatic rings. The Morgan fingerprint density at radius 1 is 0.581 bits per heavy atom. The highest BCUT2D eigenvalue weighted by atomic mass is 32.1. The third kappa shape index (κ3) is 3.35. The third-order valence-electron chi connectivity index (χ3n) is 8.45. The summed E-state index contributed by atoms with van der Waals surface area (Å²) >= 11 is 1.81. The van der Waals surface area contributed by atoms with Crippen LogP contribution < -0.4 is 0 Å². The lowest BCUT2D eigenvalue weighted by Gasteiger charge is -2.15. The summed E-state index contributed by atoms with van der Waals surface area (Å²) in [6.45, 7) is 0. The van der Waals surface area contributed by atoms with Crippen LogP contribution in [0, 0.1) is 22.7 Å².